The third-order valence-corrected chi connectivity index (χ3v) is 4.64. The zero-order valence-corrected chi connectivity index (χ0v) is 12.0. The van der Waals surface area contributed by atoms with E-state index in [2.05, 4.69) is 9.97 Å². The number of nitrogens with zero attached hydrogens (tertiary/aromatic N) is 1. The number of aromatic amines is 1. The lowest BCUT2D eigenvalue weighted by Gasteiger charge is -1.95. The van der Waals surface area contributed by atoms with E-state index in [-0.39, 0.29) is 10.2 Å². The Morgan fingerprint density at radius 1 is 1.09 bits per heavy atom. The molecule has 2 aromatic carbocycles. The quantitative estimate of drug-likeness (QED) is 0.529. The summed E-state index contributed by atoms with van der Waals surface area (Å²) in [7, 11) is 0. The average molecular weight is 318 g/mol. The van der Waals surface area contributed by atoms with Crippen molar-refractivity contribution in [3.63, 3.8) is 0 Å². The van der Waals surface area contributed by atoms with Crippen LogP contribution in [0, 0.1) is 17.5 Å². The Balaban J connectivity index is 1.82. The molecule has 2 heterocycles. The van der Waals surface area contributed by atoms with Gasteiger partial charge in [0.1, 0.15) is 11.3 Å². The lowest BCUT2D eigenvalue weighted by Crippen LogP contribution is -1.89. The predicted molar refractivity (Wildman–Crippen MR) is 80.6 cm³/mol. The fourth-order valence-corrected chi connectivity index (χ4v) is 3.53. The van der Waals surface area contributed by atoms with E-state index >= 15 is 0 Å². The second-order valence-corrected chi connectivity index (χ2v) is 6.06. The number of thiazole rings is 1. The van der Waals surface area contributed by atoms with Crippen LogP contribution < -0.4 is 0 Å². The van der Waals surface area contributed by atoms with Crippen molar-refractivity contribution >= 4 is 32.5 Å². The van der Waals surface area contributed by atoms with E-state index in [4.69, 9.17) is 0 Å². The molecule has 0 saturated heterocycles. The summed E-state index contributed by atoms with van der Waals surface area (Å²) in [5, 5.41) is 1.58. The van der Waals surface area contributed by atoms with Crippen molar-refractivity contribution in [3.8, 4) is 0 Å². The van der Waals surface area contributed by atoms with Gasteiger partial charge in [-0.1, -0.05) is 18.2 Å². The van der Waals surface area contributed by atoms with Gasteiger partial charge in [-0.2, -0.15) is 0 Å². The van der Waals surface area contributed by atoms with E-state index in [0.29, 0.717) is 17.5 Å². The van der Waals surface area contributed by atoms with E-state index in [9.17, 15) is 13.2 Å². The van der Waals surface area contributed by atoms with Crippen LogP contribution in [0.25, 0.3) is 21.1 Å². The van der Waals surface area contributed by atoms with Crippen LogP contribution in [0.1, 0.15) is 10.6 Å². The van der Waals surface area contributed by atoms with Gasteiger partial charge in [-0.05, 0) is 11.6 Å². The maximum Gasteiger partial charge on any atom is 0.186 e. The number of H-pyrrole nitrogens is 1. The highest BCUT2D eigenvalue weighted by Gasteiger charge is 2.18. The summed E-state index contributed by atoms with van der Waals surface area (Å²) >= 11 is 1.05. The average Bonchev–Trinajstić information content (AvgIpc) is 3.11. The highest BCUT2D eigenvalue weighted by molar-refractivity contribution is 7.18. The van der Waals surface area contributed by atoms with Crippen LogP contribution in [-0.2, 0) is 6.42 Å². The Morgan fingerprint density at radius 2 is 1.91 bits per heavy atom. The molecule has 0 saturated carbocycles. The van der Waals surface area contributed by atoms with Gasteiger partial charge in [-0.3, -0.25) is 0 Å². The van der Waals surface area contributed by atoms with Crippen LogP contribution in [0.15, 0.2) is 36.5 Å². The minimum atomic E-state index is -1.21. The van der Waals surface area contributed by atoms with Crippen LogP contribution in [0.4, 0.5) is 13.2 Å². The van der Waals surface area contributed by atoms with Gasteiger partial charge in [0.2, 0.25) is 0 Å². The normalized spacial score (nSPS) is 11.6. The highest BCUT2D eigenvalue weighted by atomic mass is 32.1. The largest absolute Gasteiger partial charge is 0.361 e. The minimum absolute atomic E-state index is 0.0498. The first-order valence-corrected chi connectivity index (χ1v) is 7.43. The lowest BCUT2D eigenvalue weighted by atomic mass is 10.1. The van der Waals surface area contributed by atoms with Gasteiger partial charge < -0.3 is 4.98 Å². The van der Waals surface area contributed by atoms with E-state index in [1.807, 2.05) is 30.5 Å². The van der Waals surface area contributed by atoms with Crippen molar-refractivity contribution in [2.24, 2.45) is 0 Å². The summed E-state index contributed by atoms with van der Waals surface area (Å²) in [5.74, 6) is -3.09. The fraction of sp³-hybridized carbons (Fsp3) is 0.0625. The molecule has 110 valence electrons. The Morgan fingerprint density at radius 3 is 2.77 bits per heavy atom. The topological polar surface area (TPSA) is 28.7 Å². The Kier molecular flexibility index (Phi) is 2.94. The van der Waals surface area contributed by atoms with Crippen LogP contribution in [0.5, 0.6) is 0 Å². The number of hydrogen-bond donors (Lipinski definition) is 1. The first kappa shape index (κ1) is 13.3. The van der Waals surface area contributed by atoms with Crippen molar-refractivity contribution < 1.29 is 13.2 Å². The molecule has 0 radical (unpaired) electrons. The van der Waals surface area contributed by atoms with E-state index < -0.39 is 17.5 Å². The van der Waals surface area contributed by atoms with Gasteiger partial charge in [-0.15, -0.1) is 11.3 Å². The van der Waals surface area contributed by atoms with Crippen molar-refractivity contribution in [2.75, 3.05) is 0 Å². The van der Waals surface area contributed by atoms with E-state index in [1.165, 1.54) is 0 Å². The summed E-state index contributed by atoms with van der Waals surface area (Å²) in [4.78, 5) is 7.21. The molecule has 2 nitrogen and oxygen atoms in total. The van der Waals surface area contributed by atoms with E-state index in [0.717, 1.165) is 27.8 Å². The Labute approximate surface area is 127 Å². The molecule has 4 rings (SSSR count). The molecule has 0 amide bonds. The zero-order chi connectivity index (χ0) is 15.3. The maximum absolute atomic E-state index is 13.7. The molecule has 0 aliphatic rings. The third kappa shape index (κ3) is 1.99. The van der Waals surface area contributed by atoms with Crippen molar-refractivity contribution in [3.05, 3.63) is 64.6 Å². The summed E-state index contributed by atoms with van der Waals surface area (Å²) in [6, 6.07) is 8.33. The maximum atomic E-state index is 13.7. The number of para-hydroxylation sites is 1. The monoisotopic (exact) mass is 318 g/mol. The molecule has 2 aromatic heterocycles. The minimum Gasteiger partial charge on any atom is -0.361 e. The number of aromatic nitrogens is 2. The van der Waals surface area contributed by atoms with Crippen molar-refractivity contribution in [1.82, 2.24) is 9.97 Å². The molecule has 22 heavy (non-hydrogen) atoms. The van der Waals surface area contributed by atoms with Crippen LogP contribution in [0.3, 0.4) is 0 Å². The Hall–Kier alpha value is -2.34. The predicted octanol–water partition coefficient (Wildman–Crippen LogP) is 4.79. The van der Waals surface area contributed by atoms with Gasteiger partial charge in [-0.25, -0.2) is 18.2 Å². The summed E-state index contributed by atoms with van der Waals surface area (Å²) in [5.41, 5.74) is 1.73. The summed E-state index contributed by atoms with van der Waals surface area (Å²) in [6.45, 7) is 0. The zero-order valence-electron chi connectivity index (χ0n) is 11.2. The van der Waals surface area contributed by atoms with Gasteiger partial charge in [0.05, 0.1) is 9.71 Å². The van der Waals surface area contributed by atoms with Crippen molar-refractivity contribution in [2.45, 2.75) is 6.42 Å². The summed E-state index contributed by atoms with van der Waals surface area (Å²) < 4.78 is 40.7. The molecule has 4 aromatic rings. The van der Waals surface area contributed by atoms with Gasteiger partial charge in [0.15, 0.2) is 11.6 Å². The molecule has 0 bridgehead atoms. The van der Waals surface area contributed by atoms with Gasteiger partial charge >= 0.3 is 0 Å². The Bertz CT molecular complexity index is 1000. The SMILES string of the molecule is Fc1cc(F)c2sc(Cc3c[nH]c4ccccc34)nc2c1F. The second kappa shape index (κ2) is 4.84. The number of hydrogen-bond acceptors (Lipinski definition) is 2. The first-order chi connectivity index (χ1) is 10.6. The summed E-state index contributed by atoms with van der Waals surface area (Å²) in [6.07, 6.45) is 2.29. The molecule has 6 heteroatoms. The molecule has 0 aliphatic heterocycles. The number of fused-ring (bicyclic) bond motifs is 2. The van der Waals surface area contributed by atoms with Crippen LogP contribution >= 0.6 is 11.3 Å². The van der Waals surface area contributed by atoms with Gasteiger partial charge in [0.25, 0.3) is 0 Å². The number of halogens is 3. The van der Waals surface area contributed by atoms with Gasteiger partial charge in [0, 0.05) is 29.6 Å². The van der Waals surface area contributed by atoms with Crippen LogP contribution in [-0.4, -0.2) is 9.97 Å². The number of nitrogens with one attached hydrogen (secondary N) is 1. The molecule has 0 spiro atoms. The van der Waals surface area contributed by atoms with Crippen molar-refractivity contribution in [1.29, 1.82) is 0 Å². The smallest absolute Gasteiger partial charge is 0.186 e. The number of benzene rings is 2. The molecule has 0 aliphatic carbocycles. The number of rotatable bonds is 2. The molecule has 0 unspecified atom stereocenters. The molecular weight excluding hydrogens is 309 g/mol. The fourth-order valence-electron chi connectivity index (χ4n) is 2.54. The standard InChI is InChI=1S/C16H9F3N2S/c17-10-6-11(18)16-15(14(10)19)21-13(22-16)5-8-7-20-12-4-2-1-3-9(8)12/h1-4,6-7,20H,5H2. The highest BCUT2D eigenvalue weighted by Crippen LogP contribution is 2.31. The molecular formula is C16H9F3N2S. The van der Waals surface area contributed by atoms with Crippen LogP contribution in [0.2, 0.25) is 0 Å². The molecule has 1 N–H and O–H groups in total. The molecule has 0 atom stereocenters. The second-order valence-electron chi connectivity index (χ2n) is 4.98. The molecule has 0 fully saturated rings. The lowest BCUT2D eigenvalue weighted by molar-refractivity contribution is 0.504. The first-order valence-electron chi connectivity index (χ1n) is 6.61. The van der Waals surface area contributed by atoms with E-state index in [1.54, 1.807) is 0 Å². The third-order valence-electron chi connectivity index (χ3n) is 3.58.